The summed E-state index contributed by atoms with van der Waals surface area (Å²) in [6.07, 6.45) is -2.69. The van der Waals surface area contributed by atoms with E-state index >= 15 is 0 Å². The van der Waals surface area contributed by atoms with Gasteiger partial charge in [-0.2, -0.15) is 0 Å². The van der Waals surface area contributed by atoms with Crippen LogP contribution in [0.4, 0.5) is 13.2 Å². The molecule has 0 aliphatic rings. The van der Waals surface area contributed by atoms with Crippen LogP contribution in [-0.2, 0) is 19.2 Å². The summed E-state index contributed by atoms with van der Waals surface area (Å²) in [6, 6.07) is 6.01. The van der Waals surface area contributed by atoms with Gasteiger partial charge in [-0.25, -0.2) is 13.2 Å². The molecule has 3 unspecified atom stereocenters. The van der Waals surface area contributed by atoms with Crippen LogP contribution in [0, 0.1) is 39.1 Å². The van der Waals surface area contributed by atoms with Gasteiger partial charge < -0.3 is 50.2 Å². The number of phenolic OH excluding ortho intramolecular Hbond substituents is 2. The molecule has 0 radical (unpaired) electrons. The Labute approximate surface area is 374 Å². The highest BCUT2D eigenvalue weighted by atomic mass is 19.1. The van der Waals surface area contributed by atoms with Crippen molar-refractivity contribution in [3.63, 3.8) is 0 Å². The molecule has 0 aliphatic heterocycles. The number of rotatable bonds is 10. The second kappa shape index (κ2) is 23.6. The minimum Gasteiger partial charge on any atom is -0.504 e. The molecule has 7 N–H and O–H groups in total. The number of carbonyl (C=O) groups is 4. The van der Waals surface area contributed by atoms with E-state index in [9.17, 15) is 57.9 Å². The summed E-state index contributed by atoms with van der Waals surface area (Å²) in [5.74, 6) is -6.20. The normalized spacial score (nSPS) is 13.0. The van der Waals surface area contributed by atoms with Gasteiger partial charge in [0.2, 0.25) is 0 Å². The molecular weight excluding hydrogens is 844 g/mol. The lowest BCUT2D eigenvalue weighted by Crippen LogP contribution is -2.28. The third-order valence-corrected chi connectivity index (χ3v) is 8.55. The molecule has 3 rings (SSSR count). The highest BCUT2D eigenvalue weighted by Gasteiger charge is 2.31. The van der Waals surface area contributed by atoms with E-state index in [-0.39, 0.29) is 60.1 Å². The highest BCUT2D eigenvalue weighted by molar-refractivity contribution is 5.81. The predicted octanol–water partition coefficient (Wildman–Crippen LogP) is 9.21. The van der Waals surface area contributed by atoms with Crippen molar-refractivity contribution in [3.05, 3.63) is 70.5 Å². The predicted molar refractivity (Wildman–Crippen MR) is 234 cm³/mol. The van der Waals surface area contributed by atoms with Gasteiger partial charge in [0.05, 0.1) is 40.0 Å². The number of aromatic hydroxyl groups is 2. The van der Waals surface area contributed by atoms with E-state index in [4.69, 9.17) is 24.7 Å². The molecule has 64 heavy (non-hydrogen) atoms. The van der Waals surface area contributed by atoms with Gasteiger partial charge >= 0.3 is 23.9 Å². The van der Waals surface area contributed by atoms with Crippen molar-refractivity contribution >= 4 is 23.9 Å². The van der Waals surface area contributed by atoms with E-state index in [1.807, 2.05) is 0 Å². The second-order valence-electron chi connectivity index (χ2n) is 18.7. The third-order valence-electron chi connectivity index (χ3n) is 8.55. The number of carbonyl (C=O) groups excluding carboxylic acids is 4. The molecule has 3 aromatic rings. The van der Waals surface area contributed by atoms with Crippen LogP contribution in [0.1, 0.15) is 152 Å². The molecule has 0 aromatic heterocycles. The van der Waals surface area contributed by atoms with Gasteiger partial charge in [0, 0.05) is 41.4 Å². The van der Waals surface area contributed by atoms with Crippen LogP contribution in [0.5, 0.6) is 34.5 Å². The van der Waals surface area contributed by atoms with Crippen molar-refractivity contribution in [2.45, 2.75) is 136 Å². The fourth-order valence-electron chi connectivity index (χ4n) is 4.34. The van der Waals surface area contributed by atoms with Crippen molar-refractivity contribution in [3.8, 4) is 34.5 Å². The van der Waals surface area contributed by atoms with Gasteiger partial charge in [-0.15, -0.1) is 0 Å². The van der Waals surface area contributed by atoms with Crippen molar-refractivity contribution in [2.75, 3.05) is 6.54 Å². The van der Waals surface area contributed by atoms with Crippen LogP contribution >= 0.6 is 0 Å². The van der Waals surface area contributed by atoms with Gasteiger partial charge in [0.1, 0.15) is 17.5 Å². The molecule has 0 saturated carbocycles. The molecule has 0 bridgehead atoms. The van der Waals surface area contributed by atoms with E-state index < -0.39 is 92.8 Å². The maximum atomic E-state index is 14.3. The first kappa shape index (κ1) is 58.8. The fourth-order valence-corrected chi connectivity index (χ4v) is 4.34. The Hall–Kier alpha value is -5.23. The summed E-state index contributed by atoms with van der Waals surface area (Å²) in [7, 11) is 0. The lowest BCUT2D eigenvalue weighted by molar-refractivity contribution is -0.145. The number of aliphatic hydroxyl groups is 3. The Morgan fingerprint density at radius 1 is 0.484 bits per heavy atom. The Bertz CT molecular complexity index is 2080. The quantitative estimate of drug-likeness (QED) is 0.0823. The maximum absolute atomic E-state index is 14.3. The maximum Gasteiger partial charge on any atom is 0.316 e. The van der Waals surface area contributed by atoms with Crippen molar-refractivity contribution < 1.29 is 76.8 Å². The molecule has 17 heteroatoms. The number of hydrogen-bond acceptors (Lipinski definition) is 14. The lowest BCUT2D eigenvalue weighted by Gasteiger charge is -2.21. The SMILES string of the molecule is C.CC(C)(C)C(=O)Oc1cc(F)c(C(O)CN)cc1O.CCC(O)c1cc(OC(=O)C(C)(C)C)c(O)cc1F.CCC(O)c1cc(OC(=O)C(C)(C)C)c(OC(=O)C(C)(C)C)cc1F. The standard InChI is InChI=1S/C19H27FO5.C14H19FO4.C13H18FNO4.CH4/c1-8-13(21)11-9-14(24-16(22)18(2,3)4)15(10-12(11)20)25-17(23)19(5,6)7;1-5-10(16)8-6-12(11(17)7-9(8)15)19-13(18)14(2,3)4;1-13(2,3)12(18)19-11-5-8(14)7(4-9(11)16)10(17)6-15;/h9-10,13,21H,8H2,1-7H3;6-7,10,16-17H,5H2,1-4H3;4-5,10,16-17H,6,15H2,1-3H3;1H4. The molecule has 360 valence electrons. The number of phenols is 2. The molecule has 0 amide bonds. The summed E-state index contributed by atoms with van der Waals surface area (Å²) in [4.78, 5) is 47.7. The van der Waals surface area contributed by atoms with Crippen molar-refractivity contribution in [2.24, 2.45) is 27.4 Å². The first-order valence-electron chi connectivity index (χ1n) is 20.1. The first-order chi connectivity index (χ1) is 28.6. The first-order valence-corrected chi connectivity index (χ1v) is 20.1. The fraction of sp³-hybridized carbons (Fsp3) is 0.532. The number of aliphatic hydroxyl groups excluding tert-OH is 3. The number of ether oxygens (including phenoxy) is 4. The molecule has 14 nitrogen and oxygen atoms in total. The zero-order valence-electron chi connectivity index (χ0n) is 38.5. The number of halogens is 3. The zero-order chi connectivity index (χ0) is 49.2. The summed E-state index contributed by atoms with van der Waals surface area (Å²) in [6.45, 7) is 23.1. The molecule has 0 aliphatic carbocycles. The summed E-state index contributed by atoms with van der Waals surface area (Å²) < 4.78 is 62.1. The average Bonchev–Trinajstić information content (AvgIpc) is 3.16. The van der Waals surface area contributed by atoms with Crippen LogP contribution in [0.2, 0.25) is 0 Å². The Morgan fingerprint density at radius 3 is 1.06 bits per heavy atom. The van der Waals surface area contributed by atoms with E-state index in [0.717, 1.165) is 30.3 Å². The number of hydrogen-bond donors (Lipinski definition) is 6. The highest BCUT2D eigenvalue weighted by Crippen LogP contribution is 2.38. The lowest BCUT2D eigenvalue weighted by atomic mass is 9.97. The number of benzene rings is 3. The second-order valence-corrected chi connectivity index (χ2v) is 18.7. The third kappa shape index (κ3) is 17.4. The number of esters is 4. The minimum atomic E-state index is -1.22. The summed E-state index contributed by atoms with van der Waals surface area (Å²) >= 11 is 0. The van der Waals surface area contributed by atoms with E-state index in [0.29, 0.717) is 6.42 Å². The zero-order valence-corrected chi connectivity index (χ0v) is 38.5. The topological polar surface area (TPSA) is 232 Å². The Balaban J connectivity index is 0.000000936. The van der Waals surface area contributed by atoms with Crippen LogP contribution < -0.4 is 24.7 Å². The van der Waals surface area contributed by atoms with Gasteiger partial charge in [0.25, 0.3) is 0 Å². The van der Waals surface area contributed by atoms with Crippen LogP contribution in [0.25, 0.3) is 0 Å². The van der Waals surface area contributed by atoms with Gasteiger partial charge in [-0.1, -0.05) is 21.3 Å². The summed E-state index contributed by atoms with van der Waals surface area (Å²) in [5, 5.41) is 48.3. The minimum absolute atomic E-state index is 0. The summed E-state index contributed by atoms with van der Waals surface area (Å²) in [5.41, 5.74) is 1.91. The monoisotopic (exact) mass is 911 g/mol. The molecule has 3 aromatic carbocycles. The van der Waals surface area contributed by atoms with Crippen LogP contribution in [-0.4, -0.2) is 56.0 Å². The Morgan fingerprint density at radius 2 is 0.734 bits per heavy atom. The van der Waals surface area contributed by atoms with E-state index in [2.05, 4.69) is 0 Å². The molecule has 0 fully saturated rings. The van der Waals surface area contributed by atoms with Crippen molar-refractivity contribution in [1.29, 1.82) is 0 Å². The van der Waals surface area contributed by atoms with Gasteiger partial charge in [-0.3, -0.25) is 19.2 Å². The molecule has 0 heterocycles. The van der Waals surface area contributed by atoms with Gasteiger partial charge in [0.15, 0.2) is 34.5 Å². The van der Waals surface area contributed by atoms with Crippen LogP contribution in [0.3, 0.4) is 0 Å². The molecule has 0 spiro atoms. The van der Waals surface area contributed by atoms with E-state index in [1.165, 1.54) is 6.07 Å². The van der Waals surface area contributed by atoms with Crippen molar-refractivity contribution in [1.82, 2.24) is 0 Å². The smallest absolute Gasteiger partial charge is 0.316 e. The molecule has 0 saturated heterocycles. The largest absolute Gasteiger partial charge is 0.504 e. The Kier molecular flexibility index (Phi) is 21.7. The molecule has 3 atom stereocenters. The molecular formula is C47H68F3NO13. The van der Waals surface area contributed by atoms with E-state index in [1.54, 1.807) is 96.9 Å². The van der Waals surface area contributed by atoms with Gasteiger partial charge in [-0.05, 0) is 114 Å². The average molecular weight is 912 g/mol. The number of nitrogens with two attached hydrogens (primary N) is 1. The van der Waals surface area contributed by atoms with Crippen LogP contribution in [0.15, 0.2) is 36.4 Å².